The fourth-order valence-electron chi connectivity index (χ4n) is 0.971. The van der Waals surface area contributed by atoms with E-state index in [4.69, 9.17) is 5.73 Å². The first-order chi connectivity index (χ1) is 7.33. The highest BCUT2D eigenvalue weighted by molar-refractivity contribution is 7.15. The van der Waals surface area contributed by atoms with Crippen molar-refractivity contribution in [1.82, 2.24) is 4.98 Å². The monoisotopic (exact) mass is 254 g/mol. The Balaban J connectivity index is 2.86. The normalized spacial score (nSPS) is 11.5. The molecule has 4 nitrogen and oxygen atoms in total. The minimum Gasteiger partial charge on any atom is -0.461 e. The molecule has 0 amide bonds. The molecule has 0 atom stereocenters. The lowest BCUT2D eigenvalue weighted by Gasteiger charge is -2.01. The number of rotatable bonds is 3. The highest BCUT2D eigenvalue weighted by Crippen LogP contribution is 2.28. The van der Waals surface area contributed by atoms with Crippen LogP contribution in [0.3, 0.4) is 0 Å². The third-order valence-electron chi connectivity index (χ3n) is 1.52. The van der Waals surface area contributed by atoms with Crippen LogP contribution in [0.2, 0.25) is 0 Å². The maximum Gasteiger partial charge on any atom is 0.395 e. The van der Waals surface area contributed by atoms with Gasteiger partial charge in [-0.05, 0) is 6.92 Å². The Morgan fingerprint density at radius 1 is 1.56 bits per heavy atom. The summed E-state index contributed by atoms with van der Waals surface area (Å²) in [5.74, 6) is -0.801. The van der Waals surface area contributed by atoms with Gasteiger partial charge >= 0.3 is 12.1 Å². The van der Waals surface area contributed by atoms with Gasteiger partial charge < -0.3 is 10.5 Å². The summed E-state index contributed by atoms with van der Waals surface area (Å²) >= 11 is 0.641. The largest absolute Gasteiger partial charge is 0.461 e. The Hall–Kier alpha value is -1.31. The number of esters is 1. The zero-order valence-corrected chi connectivity index (χ0v) is 9.11. The first-order valence-corrected chi connectivity index (χ1v) is 5.14. The van der Waals surface area contributed by atoms with Crippen LogP contribution >= 0.6 is 11.3 Å². The van der Waals surface area contributed by atoms with E-state index in [2.05, 4.69) is 9.72 Å². The molecule has 1 aromatic heterocycles. The quantitative estimate of drug-likeness (QED) is 0.838. The number of hydrogen-bond acceptors (Lipinski definition) is 5. The topological polar surface area (TPSA) is 65.2 Å². The lowest BCUT2D eigenvalue weighted by atomic mass is 10.4. The van der Waals surface area contributed by atoms with E-state index in [1.807, 2.05) is 0 Å². The first-order valence-electron chi connectivity index (χ1n) is 4.32. The van der Waals surface area contributed by atoms with Crippen molar-refractivity contribution in [2.24, 2.45) is 0 Å². The average molecular weight is 254 g/mol. The number of nitrogens with two attached hydrogens (primary N) is 1. The number of aromatic nitrogens is 1. The molecule has 2 N–H and O–H groups in total. The smallest absolute Gasteiger partial charge is 0.395 e. The number of nitrogen functional groups attached to an aromatic ring is 1. The van der Waals surface area contributed by atoms with Gasteiger partial charge in [-0.3, -0.25) is 0 Å². The summed E-state index contributed by atoms with van der Waals surface area (Å²) in [5.41, 5.74) is 5.13. The van der Waals surface area contributed by atoms with E-state index in [1.54, 1.807) is 6.92 Å². The van der Waals surface area contributed by atoms with E-state index in [0.29, 0.717) is 11.3 Å². The molecule has 0 aliphatic heterocycles. The average Bonchev–Trinajstić information content (AvgIpc) is 2.44. The second-order valence-electron chi connectivity index (χ2n) is 2.83. The van der Waals surface area contributed by atoms with Crippen molar-refractivity contribution in [3.63, 3.8) is 0 Å². The number of anilines is 1. The van der Waals surface area contributed by atoms with Crippen molar-refractivity contribution < 1.29 is 22.7 Å². The highest BCUT2D eigenvalue weighted by Gasteiger charge is 2.31. The summed E-state index contributed by atoms with van der Waals surface area (Å²) in [6.07, 6.45) is -5.56. The molecule has 0 aliphatic rings. The number of ether oxygens (including phenoxy) is 1. The van der Waals surface area contributed by atoms with Crippen molar-refractivity contribution in [2.45, 2.75) is 19.5 Å². The van der Waals surface area contributed by atoms with Crippen LogP contribution in [0.4, 0.5) is 18.2 Å². The summed E-state index contributed by atoms with van der Waals surface area (Å²) in [4.78, 5) is 14.7. The van der Waals surface area contributed by atoms with Gasteiger partial charge in [0.05, 0.1) is 13.0 Å². The molecule has 0 radical (unpaired) electrons. The summed E-state index contributed by atoms with van der Waals surface area (Å²) < 4.78 is 40.7. The molecule has 16 heavy (non-hydrogen) atoms. The fraction of sp³-hybridized carbons (Fsp3) is 0.500. The van der Waals surface area contributed by atoms with Gasteiger partial charge in [-0.15, -0.1) is 11.3 Å². The Kier molecular flexibility index (Phi) is 3.74. The Bertz CT molecular complexity index is 389. The van der Waals surface area contributed by atoms with Gasteiger partial charge in [0.15, 0.2) is 5.69 Å². The van der Waals surface area contributed by atoms with Crippen LogP contribution in [0.1, 0.15) is 22.4 Å². The maximum absolute atomic E-state index is 12.0. The van der Waals surface area contributed by atoms with E-state index < -0.39 is 18.6 Å². The molecular weight excluding hydrogens is 245 g/mol. The van der Waals surface area contributed by atoms with Gasteiger partial charge in [-0.2, -0.15) is 13.2 Å². The summed E-state index contributed by atoms with van der Waals surface area (Å²) in [6, 6.07) is 0. The van der Waals surface area contributed by atoms with Gasteiger partial charge in [0.25, 0.3) is 0 Å². The molecular formula is C8H9F3N2O2S. The molecule has 0 bridgehead atoms. The predicted molar refractivity (Wildman–Crippen MR) is 52.2 cm³/mol. The first kappa shape index (κ1) is 12.8. The molecule has 1 aromatic rings. The molecule has 0 saturated heterocycles. The van der Waals surface area contributed by atoms with Crippen LogP contribution in [0, 0.1) is 0 Å². The van der Waals surface area contributed by atoms with Gasteiger partial charge in [0, 0.05) is 0 Å². The van der Waals surface area contributed by atoms with Crippen LogP contribution in [0.25, 0.3) is 0 Å². The van der Waals surface area contributed by atoms with Gasteiger partial charge in [0.2, 0.25) is 0 Å². The molecule has 1 heterocycles. The molecule has 0 spiro atoms. The minimum atomic E-state index is -4.36. The predicted octanol–water partition coefficient (Wildman–Crippen LogP) is 2.01. The van der Waals surface area contributed by atoms with E-state index >= 15 is 0 Å². The number of carbonyl (C=O) groups is 1. The van der Waals surface area contributed by atoms with Crippen LogP contribution in [-0.2, 0) is 11.2 Å². The Morgan fingerprint density at radius 3 is 2.69 bits per heavy atom. The maximum atomic E-state index is 12.0. The molecule has 0 aromatic carbocycles. The number of alkyl halides is 3. The molecule has 0 saturated carbocycles. The zero-order chi connectivity index (χ0) is 12.3. The van der Waals surface area contributed by atoms with E-state index in [-0.39, 0.29) is 22.3 Å². The van der Waals surface area contributed by atoms with E-state index in [9.17, 15) is 18.0 Å². The van der Waals surface area contributed by atoms with Crippen molar-refractivity contribution >= 4 is 22.3 Å². The van der Waals surface area contributed by atoms with Crippen LogP contribution in [0.5, 0.6) is 0 Å². The molecule has 0 aliphatic carbocycles. The minimum absolute atomic E-state index is 0.0577. The third-order valence-corrected chi connectivity index (χ3v) is 2.40. The van der Waals surface area contributed by atoms with Crippen LogP contribution in [0.15, 0.2) is 0 Å². The van der Waals surface area contributed by atoms with Gasteiger partial charge in [-0.25, -0.2) is 9.78 Å². The molecule has 0 unspecified atom stereocenters. The Labute approximate surface area is 93.2 Å². The molecule has 0 fully saturated rings. The Morgan fingerprint density at radius 2 is 2.19 bits per heavy atom. The van der Waals surface area contributed by atoms with Crippen molar-refractivity contribution in [1.29, 1.82) is 0 Å². The van der Waals surface area contributed by atoms with Crippen LogP contribution < -0.4 is 5.73 Å². The van der Waals surface area contributed by atoms with Crippen molar-refractivity contribution in [3.05, 3.63) is 10.7 Å². The summed E-state index contributed by atoms with van der Waals surface area (Å²) in [5, 5.41) is -0.300. The molecule has 8 heteroatoms. The number of hydrogen-bond donors (Lipinski definition) is 1. The van der Waals surface area contributed by atoms with E-state index in [0.717, 1.165) is 0 Å². The second-order valence-corrected chi connectivity index (χ2v) is 3.95. The van der Waals surface area contributed by atoms with Crippen LogP contribution in [-0.4, -0.2) is 23.7 Å². The summed E-state index contributed by atoms with van der Waals surface area (Å²) in [7, 11) is 0. The van der Waals surface area contributed by atoms with E-state index in [1.165, 1.54) is 0 Å². The number of nitrogens with zero attached hydrogens (tertiary/aromatic N) is 1. The number of carbonyl (C=O) groups excluding carboxylic acids is 1. The number of halogens is 3. The van der Waals surface area contributed by atoms with Gasteiger partial charge in [0.1, 0.15) is 10.0 Å². The highest BCUT2D eigenvalue weighted by atomic mass is 32.1. The van der Waals surface area contributed by atoms with Crippen molar-refractivity contribution in [2.75, 3.05) is 12.3 Å². The summed E-state index contributed by atoms with van der Waals surface area (Å²) in [6.45, 7) is 1.70. The zero-order valence-electron chi connectivity index (χ0n) is 8.30. The molecule has 1 rings (SSSR count). The fourth-order valence-corrected chi connectivity index (χ4v) is 1.82. The molecule has 90 valence electrons. The standard InChI is InChI=1S/C8H9F3N2O2S/c1-2-15-7(14)5-6(12)16-4(13-5)3-8(9,10)11/h2-3,12H2,1H3. The third kappa shape index (κ3) is 3.37. The SMILES string of the molecule is CCOC(=O)c1nc(CC(F)(F)F)sc1N. The lowest BCUT2D eigenvalue weighted by molar-refractivity contribution is -0.127. The lowest BCUT2D eigenvalue weighted by Crippen LogP contribution is -2.12. The van der Waals surface area contributed by atoms with Crippen molar-refractivity contribution in [3.8, 4) is 0 Å². The number of thiazole rings is 1. The van der Waals surface area contributed by atoms with Gasteiger partial charge in [-0.1, -0.05) is 0 Å². The second kappa shape index (κ2) is 4.69.